The number of rotatable bonds is 3. The number of hydrogen-bond donors (Lipinski definition) is 2. The largest absolute Gasteiger partial charge is 0.399 e. The lowest BCUT2D eigenvalue weighted by molar-refractivity contribution is 0.884. The Hall–Kier alpha value is -1.99. The Morgan fingerprint density at radius 1 is 1.21 bits per heavy atom. The van der Waals surface area contributed by atoms with Crippen molar-refractivity contribution in [2.24, 2.45) is 0 Å². The molecule has 0 spiro atoms. The molecule has 0 saturated heterocycles. The highest BCUT2D eigenvalue weighted by Crippen LogP contribution is 2.27. The molecular weight excluding hydrogens is 302 g/mol. The van der Waals surface area contributed by atoms with Crippen LogP contribution in [0.5, 0.6) is 0 Å². The Kier molecular flexibility index (Phi) is 4.08. The summed E-state index contributed by atoms with van der Waals surface area (Å²) in [7, 11) is 0. The molecule has 0 radical (unpaired) electrons. The van der Waals surface area contributed by atoms with E-state index < -0.39 is 0 Å². The van der Waals surface area contributed by atoms with E-state index in [4.69, 9.17) is 5.73 Å². The predicted octanol–water partition coefficient (Wildman–Crippen LogP) is 4.08. The Labute approximate surface area is 121 Å². The van der Waals surface area contributed by atoms with Crippen LogP contribution >= 0.6 is 15.9 Å². The summed E-state index contributed by atoms with van der Waals surface area (Å²) in [4.78, 5) is 0. The van der Waals surface area contributed by atoms with Gasteiger partial charge in [-0.3, -0.25) is 0 Å². The molecule has 0 aliphatic heterocycles. The van der Waals surface area contributed by atoms with Gasteiger partial charge in [-0.05, 0) is 52.7 Å². The number of anilines is 2. The minimum absolute atomic E-state index is 0.0991. The first-order chi connectivity index (χ1) is 9.11. The second kappa shape index (κ2) is 5.77. The van der Waals surface area contributed by atoms with E-state index in [-0.39, 0.29) is 6.04 Å². The van der Waals surface area contributed by atoms with Crippen molar-refractivity contribution in [3.8, 4) is 6.07 Å². The van der Waals surface area contributed by atoms with Crippen LogP contribution in [0.2, 0.25) is 0 Å². The van der Waals surface area contributed by atoms with Crippen molar-refractivity contribution in [3.05, 3.63) is 58.1 Å². The molecule has 0 saturated carbocycles. The van der Waals surface area contributed by atoms with E-state index >= 15 is 0 Å². The fraction of sp³-hybridized carbons (Fsp3) is 0.133. The lowest BCUT2D eigenvalue weighted by atomic mass is 10.1. The lowest BCUT2D eigenvalue weighted by Gasteiger charge is -2.17. The molecule has 96 valence electrons. The fourth-order valence-electron chi connectivity index (χ4n) is 1.86. The second-order valence-electron chi connectivity index (χ2n) is 4.31. The Balaban J connectivity index is 2.24. The third kappa shape index (κ3) is 3.07. The molecule has 0 heterocycles. The SMILES string of the molecule is CC(Nc1cccc(Br)c1C#N)c1ccc(N)cc1. The Morgan fingerprint density at radius 3 is 2.53 bits per heavy atom. The zero-order valence-corrected chi connectivity index (χ0v) is 12.1. The molecule has 0 aromatic heterocycles. The number of nitrogens with zero attached hydrogens (tertiary/aromatic N) is 1. The van der Waals surface area contributed by atoms with E-state index in [9.17, 15) is 5.26 Å². The van der Waals surface area contributed by atoms with Crippen LogP contribution in [0, 0.1) is 11.3 Å². The monoisotopic (exact) mass is 315 g/mol. The third-order valence-electron chi connectivity index (χ3n) is 2.93. The Bertz CT molecular complexity index is 614. The highest BCUT2D eigenvalue weighted by atomic mass is 79.9. The van der Waals surface area contributed by atoms with Gasteiger partial charge in [0, 0.05) is 16.2 Å². The summed E-state index contributed by atoms with van der Waals surface area (Å²) in [6.45, 7) is 2.05. The van der Waals surface area contributed by atoms with Gasteiger partial charge in [0.2, 0.25) is 0 Å². The van der Waals surface area contributed by atoms with E-state index in [1.807, 2.05) is 49.4 Å². The summed E-state index contributed by atoms with van der Waals surface area (Å²) in [6.07, 6.45) is 0. The summed E-state index contributed by atoms with van der Waals surface area (Å²) in [6, 6.07) is 15.7. The molecule has 19 heavy (non-hydrogen) atoms. The summed E-state index contributed by atoms with van der Waals surface area (Å²) in [5, 5.41) is 12.5. The standard InChI is InChI=1S/C15H14BrN3/c1-10(11-5-7-12(18)8-6-11)19-15-4-2-3-14(16)13(15)9-17/h2-8,10,19H,18H2,1H3. The predicted molar refractivity (Wildman–Crippen MR) is 81.7 cm³/mol. The third-order valence-corrected chi connectivity index (χ3v) is 3.59. The van der Waals surface area contributed by atoms with Crippen molar-refractivity contribution in [1.29, 1.82) is 5.26 Å². The van der Waals surface area contributed by atoms with E-state index in [1.165, 1.54) is 0 Å². The smallest absolute Gasteiger partial charge is 0.103 e. The van der Waals surface area contributed by atoms with Gasteiger partial charge < -0.3 is 11.1 Å². The van der Waals surface area contributed by atoms with Crippen LogP contribution in [0.3, 0.4) is 0 Å². The van der Waals surface area contributed by atoms with Crippen LogP contribution < -0.4 is 11.1 Å². The van der Waals surface area contributed by atoms with Gasteiger partial charge in [-0.1, -0.05) is 18.2 Å². The molecule has 3 N–H and O–H groups in total. The molecule has 3 nitrogen and oxygen atoms in total. The molecule has 0 aliphatic carbocycles. The minimum Gasteiger partial charge on any atom is -0.399 e. The van der Waals surface area contributed by atoms with Crippen LogP contribution in [-0.2, 0) is 0 Å². The van der Waals surface area contributed by atoms with Crippen LogP contribution in [0.1, 0.15) is 24.1 Å². The molecule has 1 atom stereocenters. The Morgan fingerprint density at radius 2 is 1.89 bits per heavy atom. The summed E-state index contributed by atoms with van der Waals surface area (Å²) in [5.74, 6) is 0. The fourth-order valence-corrected chi connectivity index (χ4v) is 2.31. The van der Waals surface area contributed by atoms with Gasteiger partial charge in [-0.2, -0.15) is 5.26 Å². The van der Waals surface area contributed by atoms with Crippen molar-refractivity contribution in [2.75, 3.05) is 11.1 Å². The maximum absolute atomic E-state index is 9.18. The van der Waals surface area contributed by atoms with Crippen LogP contribution in [0.4, 0.5) is 11.4 Å². The van der Waals surface area contributed by atoms with Gasteiger partial charge in [0.15, 0.2) is 0 Å². The van der Waals surface area contributed by atoms with Gasteiger partial charge in [0.1, 0.15) is 6.07 Å². The number of nitrogens with two attached hydrogens (primary N) is 1. The van der Waals surface area contributed by atoms with Crippen molar-refractivity contribution < 1.29 is 0 Å². The van der Waals surface area contributed by atoms with Gasteiger partial charge in [0.25, 0.3) is 0 Å². The average Bonchev–Trinajstić information content (AvgIpc) is 2.39. The van der Waals surface area contributed by atoms with Gasteiger partial charge in [0.05, 0.1) is 11.3 Å². The first kappa shape index (κ1) is 13.4. The maximum atomic E-state index is 9.18. The molecule has 0 bridgehead atoms. The maximum Gasteiger partial charge on any atom is 0.103 e. The molecule has 0 fully saturated rings. The van der Waals surface area contributed by atoms with E-state index in [2.05, 4.69) is 27.3 Å². The van der Waals surface area contributed by atoms with Crippen LogP contribution in [0.15, 0.2) is 46.9 Å². The van der Waals surface area contributed by atoms with Gasteiger partial charge >= 0.3 is 0 Å². The minimum atomic E-state index is 0.0991. The molecule has 0 amide bonds. The number of nitrogen functional groups attached to an aromatic ring is 1. The zero-order chi connectivity index (χ0) is 13.8. The van der Waals surface area contributed by atoms with Crippen molar-refractivity contribution in [3.63, 3.8) is 0 Å². The summed E-state index contributed by atoms with van der Waals surface area (Å²) >= 11 is 3.38. The van der Waals surface area contributed by atoms with Crippen LogP contribution in [0.25, 0.3) is 0 Å². The first-order valence-corrected chi connectivity index (χ1v) is 6.71. The molecule has 4 heteroatoms. The number of benzene rings is 2. The topological polar surface area (TPSA) is 61.8 Å². The molecule has 2 aromatic rings. The highest BCUT2D eigenvalue weighted by Gasteiger charge is 2.10. The number of nitrogens with one attached hydrogen (secondary N) is 1. The lowest BCUT2D eigenvalue weighted by Crippen LogP contribution is -2.08. The number of halogens is 1. The van der Waals surface area contributed by atoms with Gasteiger partial charge in [-0.25, -0.2) is 0 Å². The molecule has 0 aliphatic rings. The van der Waals surface area contributed by atoms with Crippen molar-refractivity contribution in [1.82, 2.24) is 0 Å². The quantitative estimate of drug-likeness (QED) is 0.839. The second-order valence-corrected chi connectivity index (χ2v) is 5.16. The molecule has 2 rings (SSSR count). The highest BCUT2D eigenvalue weighted by molar-refractivity contribution is 9.10. The number of hydrogen-bond acceptors (Lipinski definition) is 3. The summed E-state index contributed by atoms with van der Waals surface area (Å²) in [5.41, 5.74) is 8.98. The average molecular weight is 316 g/mol. The summed E-state index contributed by atoms with van der Waals surface area (Å²) < 4.78 is 0.796. The molecular formula is C15H14BrN3. The number of nitriles is 1. The van der Waals surface area contributed by atoms with Gasteiger partial charge in [-0.15, -0.1) is 0 Å². The van der Waals surface area contributed by atoms with E-state index in [0.29, 0.717) is 5.56 Å². The van der Waals surface area contributed by atoms with Crippen molar-refractivity contribution in [2.45, 2.75) is 13.0 Å². The van der Waals surface area contributed by atoms with E-state index in [1.54, 1.807) is 0 Å². The first-order valence-electron chi connectivity index (χ1n) is 5.92. The van der Waals surface area contributed by atoms with Crippen molar-refractivity contribution >= 4 is 27.3 Å². The zero-order valence-electron chi connectivity index (χ0n) is 10.5. The molecule has 1 unspecified atom stereocenters. The van der Waals surface area contributed by atoms with Crippen LogP contribution in [-0.4, -0.2) is 0 Å². The normalized spacial score (nSPS) is 11.6. The molecule has 2 aromatic carbocycles. The van der Waals surface area contributed by atoms with E-state index in [0.717, 1.165) is 21.4 Å².